The van der Waals surface area contributed by atoms with Gasteiger partial charge in [-0.25, -0.2) is 9.59 Å². The van der Waals surface area contributed by atoms with Crippen molar-refractivity contribution < 1.29 is 19.1 Å². The van der Waals surface area contributed by atoms with E-state index in [2.05, 4.69) is 17.3 Å². The molecule has 1 heterocycles. The maximum Gasteiger partial charge on any atom is 0.408 e. The van der Waals surface area contributed by atoms with E-state index in [4.69, 9.17) is 9.47 Å². The lowest BCUT2D eigenvalue weighted by Gasteiger charge is -2.29. The zero-order valence-corrected chi connectivity index (χ0v) is 14.5. The second kappa shape index (κ2) is 8.36. The third kappa shape index (κ3) is 7.11. The first-order chi connectivity index (χ1) is 10.2. The molecule has 1 aliphatic heterocycles. The fourth-order valence-corrected chi connectivity index (χ4v) is 2.59. The lowest BCUT2D eigenvalue weighted by molar-refractivity contribution is -0.143. The Bertz CT molecular complexity index is 371. The highest BCUT2D eigenvalue weighted by Crippen LogP contribution is 2.22. The number of amides is 1. The number of nitrogens with zero attached hydrogens (tertiary/aromatic N) is 1. The van der Waals surface area contributed by atoms with E-state index in [-0.39, 0.29) is 0 Å². The molecule has 128 valence electrons. The SMILES string of the molecule is COC(=O)[C@@H](CCC1CCN(C)CC1)NC(=O)OC(C)(C)C. The van der Waals surface area contributed by atoms with E-state index in [9.17, 15) is 9.59 Å². The summed E-state index contributed by atoms with van der Waals surface area (Å²) in [7, 11) is 3.46. The van der Waals surface area contributed by atoms with Crippen LogP contribution in [0, 0.1) is 5.92 Å². The summed E-state index contributed by atoms with van der Waals surface area (Å²) in [5.41, 5.74) is -0.585. The molecule has 1 amide bonds. The predicted octanol–water partition coefficient (Wildman–Crippen LogP) is 2.17. The Morgan fingerprint density at radius 1 is 1.27 bits per heavy atom. The summed E-state index contributed by atoms with van der Waals surface area (Å²) in [5.74, 6) is 0.183. The van der Waals surface area contributed by atoms with E-state index in [1.54, 1.807) is 20.8 Å². The molecule has 0 aromatic rings. The third-order valence-corrected chi connectivity index (χ3v) is 3.88. The molecule has 1 saturated heterocycles. The number of carbonyl (C=O) groups is 2. The summed E-state index contributed by atoms with van der Waals surface area (Å²) in [6.45, 7) is 7.55. The van der Waals surface area contributed by atoms with Gasteiger partial charge < -0.3 is 19.7 Å². The number of likely N-dealkylation sites (tertiary alicyclic amines) is 1. The van der Waals surface area contributed by atoms with Gasteiger partial charge in [0.05, 0.1) is 7.11 Å². The van der Waals surface area contributed by atoms with Crippen molar-refractivity contribution in [3.63, 3.8) is 0 Å². The van der Waals surface area contributed by atoms with Gasteiger partial charge in [0.15, 0.2) is 0 Å². The first-order valence-electron chi connectivity index (χ1n) is 7.97. The van der Waals surface area contributed by atoms with Crippen LogP contribution in [0.5, 0.6) is 0 Å². The maximum atomic E-state index is 11.8. The molecular weight excluding hydrogens is 284 g/mol. The van der Waals surface area contributed by atoms with Crippen molar-refractivity contribution in [2.75, 3.05) is 27.2 Å². The van der Waals surface area contributed by atoms with Gasteiger partial charge in [0.1, 0.15) is 11.6 Å². The zero-order valence-electron chi connectivity index (χ0n) is 14.5. The van der Waals surface area contributed by atoms with Crippen molar-refractivity contribution in [2.24, 2.45) is 5.92 Å². The van der Waals surface area contributed by atoms with Crippen LogP contribution in [0.2, 0.25) is 0 Å². The molecule has 1 fully saturated rings. The number of alkyl carbamates (subject to hydrolysis) is 1. The minimum atomic E-state index is -0.639. The molecule has 0 bridgehead atoms. The van der Waals surface area contributed by atoms with Gasteiger partial charge in [0.25, 0.3) is 0 Å². The average Bonchev–Trinajstić information content (AvgIpc) is 2.42. The minimum absolute atomic E-state index is 0.418. The van der Waals surface area contributed by atoms with Crippen LogP contribution >= 0.6 is 0 Å². The molecule has 0 unspecified atom stereocenters. The fraction of sp³-hybridized carbons (Fsp3) is 0.875. The molecule has 6 nitrogen and oxygen atoms in total. The summed E-state index contributed by atoms with van der Waals surface area (Å²) >= 11 is 0. The topological polar surface area (TPSA) is 67.9 Å². The summed E-state index contributed by atoms with van der Waals surface area (Å²) < 4.78 is 9.99. The number of carbonyl (C=O) groups excluding carboxylic acids is 2. The van der Waals surface area contributed by atoms with Crippen molar-refractivity contribution in [3.8, 4) is 0 Å². The molecule has 1 atom stereocenters. The quantitative estimate of drug-likeness (QED) is 0.788. The summed E-state index contributed by atoms with van der Waals surface area (Å²) in [6, 6.07) is -0.639. The summed E-state index contributed by atoms with van der Waals surface area (Å²) in [4.78, 5) is 26.0. The Labute approximate surface area is 133 Å². The monoisotopic (exact) mass is 314 g/mol. The van der Waals surface area contributed by atoms with E-state index < -0.39 is 23.7 Å². The molecule has 0 aliphatic carbocycles. The molecule has 1 aliphatic rings. The number of piperidine rings is 1. The Morgan fingerprint density at radius 2 is 1.86 bits per heavy atom. The van der Waals surface area contributed by atoms with Gasteiger partial charge in [-0.05, 0) is 72.5 Å². The van der Waals surface area contributed by atoms with E-state index in [0.29, 0.717) is 12.3 Å². The molecule has 0 aromatic heterocycles. The van der Waals surface area contributed by atoms with E-state index in [0.717, 1.165) is 32.4 Å². The van der Waals surface area contributed by atoms with Gasteiger partial charge in [-0.3, -0.25) is 0 Å². The van der Waals surface area contributed by atoms with Crippen LogP contribution in [-0.4, -0.2) is 55.9 Å². The lowest BCUT2D eigenvalue weighted by Crippen LogP contribution is -2.44. The van der Waals surface area contributed by atoms with Gasteiger partial charge in [0, 0.05) is 0 Å². The molecule has 0 aromatic carbocycles. The van der Waals surface area contributed by atoms with Crippen LogP contribution in [0.4, 0.5) is 4.79 Å². The second-order valence-electron chi connectivity index (χ2n) is 7.05. The highest BCUT2D eigenvalue weighted by Gasteiger charge is 2.26. The van der Waals surface area contributed by atoms with Crippen LogP contribution in [-0.2, 0) is 14.3 Å². The normalized spacial score (nSPS) is 18.6. The second-order valence-corrected chi connectivity index (χ2v) is 7.05. The number of hydrogen-bond donors (Lipinski definition) is 1. The van der Waals surface area contributed by atoms with Crippen molar-refractivity contribution in [3.05, 3.63) is 0 Å². The number of hydrogen-bond acceptors (Lipinski definition) is 5. The molecule has 1 rings (SSSR count). The first kappa shape index (κ1) is 18.7. The average molecular weight is 314 g/mol. The molecule has 0 radical (unpaired) electrons. The zero-order chi connectivity index (χ0) is 16.8. The molecule has 6 heteroatoms. The van der Waals surface area contributed by atoms with Gasteiger partial charge in [-0.1, -0.05) is 0 Å². The van der Waals surface area contributed by atoms with Crippen LogP contribution < -0.4 is 5.32 Å². The molecule has 0 saturated carbocycles. The third-order valence-electron chi connectivity index (χ3n) is 3.88. The Kier molecular flexibility index (Phi) is 7.13. The Balaban J connectivity index is 2.47. The molecule has 1 N–H and O–H groups in total. The van der Waals surface area contributed by atoms with E-state index in [1.807, 2.05) is 0 Å². The highest BCUT2D eigenvalue weighted by atomic mass is 16.6. The molecular formula is C16H30N2O4. The highest BCUT2D eigenvalue weighted by molar-refractivity contribution is 5.81. The Hall–Kier alpha value is -1.30. The van der Waals surface area contributed by atoms with Crippen LogP contribution in [0.3, 0.4) is 0 Å². The van der Waals surface area contributed by atoms with Crippen LogP contribution in [0.1, 0.15) is 46.5 Å². The number of esters is 1. The first-order valence-corrected chi connectivity index (χ1v) is 7.97. The number of rotatable bonds is 5. The largest absolute Gasteiger partial charge is 0.467 e. The number of ether oxygens (including phenoxy) is 2. The molecule has 22 heavy (non-hydrogen) atoms. The Morgan fingerprint density at radius 3 is 2.36 bits per heavy atom. The van der Waals surface area contributed by atoms with Gasteiger partial charge in [-0.15, -0.1) is 0 Å². The van der Waals surface area contributed by atoms with Crippen molar-refractivity contribution in [1.82, 2.24) is 10.2 Å². The maximum absolute atomic E-state index is 11.8. The van der Waals surface area contributed by atoms with Crippen LogP contribution in [0.25, 0.3) is 0 Å². The predicted molar refractivity (Wildman–Crippen MR) is 84.6 cm³/mol. The number of nitrogens with one attached hydrogen (secondary N) is 1. The van der Waals surface area contributed by atoms with Gasteiger partial charge in [-0.2, -0.15) is 0 Å². The van der Waals surface area contributed by atoms with E-state index >= 15 is 0 Å². The minimum Gasteiger partial charge on any atom is -0.467 e. The van der Waals surface area contributed by atoms with Crippen molar-refractivity contribution in [2.45, 2.75) is 58.1 Å². The van der Waals surface area contributed by atoms with Crippen LogP contribution in [0.15, 0.2) is 0 Å². The van der Waals surface area contributed by atoms with Gasteiger partial charge in [0.2, 0.25) is 0 Å². The summed E-state index contributed by atoms with van der Waals surface area (Å²) in [6.07, 6.45) is 3.18. The van der Waals surface area contributed by atoms with Crippen molar-refractivity contribution in [1.29, 1.82) is 0 Å². The molecule has 0 spiro atoms. The standard InChI is InChI=1S/C16H30N2O4/c1-16(2,3)22-15(20)17-13(14(19)21-5)7-6-12-8-10-18(4)11-9-12/h12-13H,6-11H2,1-5H3,(H,17,20)/t13-/m1/s1. The smallest absolute Gasteiger partial charge is 0.408 e. The fourth-order valence-electron chi connectivity index (χ4n) is 2.59. The van der Waals surface area contributed by atoms with E-state index in [1.165, 1.54) is 7.11 Å². The van der Waals surface area contributed by atoms with Crippen molar-refractivity contribution >= 4 is 12.1 Å². The van der Waals surface area contributed by atoms with Gasteiger partial charge >= 0.3 is 12.1 Å². The number of methoxy groups -OCH3 is 1. The lowest BCUT2D eigenvalue weighted by atomic mass is 9.91. The summed E-state index contributed by atoms with van der Waals surface area (Å²) in [5, 5.41) is 2.63.